The van der Waals surface area contributed by atoms with E-state index in [2.05, 4.69) is 0 Å². The van der Waals surface area contributed by atoms with Gasteiger partial charge in [0.2, 0.25) is 11.7 Å². The van der Waals surface area contributed by atoms with Crippen LogP contribution in [0.1, 0.15) is 13.8 Å². The number of imide groups is 4. The highest BCUT2D eigenvalue weighted by Crippen LogP contribution is 2.38. The van der Waals surface area contributed by atoms with E-state index in [4.69, 9.17) is 4.74 Å². The Labute approximate surface area is 184 Å². The van der Waals surface area contributed by atoms with E-state index < -0.39 is 59.0 Å². The molecule has 0 aromatic rings. The number of nitrogens with zero attached hydrogens (tertiary/aromatic N) is 4. The third kappa shape index (κ3) is 2.97. The maximum absolute atomic E-state index is 12.5. The molecule has 4 heterocycles. The Morgan fingerprint density at radius 1 is 0.424 bits per heavy atom. The van der Waals surface area contributed by atoms with Gasteiger partial charge in [-0.05, 0) is 0 Å². The first kappa shape index (κ1) is 21.7. The molecule has 0 spiro atoms. The molecular weight excluding hydrogens is 440 g/mol. The van der Waals surface area contributed by atoms with E-state index in [-0.39, 0.29) is 0 Å². The van der Waals surface area contributed by atoms with Crippen molar-refractivity contribution in [3.63, 3.8) is 0 Å². The van der Waals surface area contributed by atoms with Crippen molar-refractivity contribution >= 4 is 47.3 Å². The molecule has 4 rings (SSSR count). The van der Waals surface area contributed by atoms with Crippen molar-refractivity contribution in [2.24, 2.45) is 0 Å². The van der Waals surface area contributed by atoms with Crippen LogP contribution in [0, 0.1) is 0 Å². The molecule has 0 fully saturated rings. The lowest BCUT2D eigenvalue weighted by Crippen LogP contribution is -2.73. The molecule has 168 valence electrons. The predicted octanol–water partition coefficient (Wildman–Crippen LogP) is -1.95. The molecule has 0 bridgehead atoms. The Hall–Kier alpha value is -4.52. The normalized spacial score (nSPS) is 20.9. The summed E-state index contributed by atoms with van der Waals surface area (Å²) in [5.74, 6) is -13.2. The number of rotatable bonds is 6. The number of carbonyl (C=O) groups excluding carboxylic acids is 8. The van der Waals surface area contributed by atoms with Gasteiger partial charge in [-0.15, -0.1) is 0 Å². The van der Waals surface area contributed by atoms with Crippen molar-refractivity contribution in [2.45, 2.75) is 25.5 Å². The van der Waals surface area contributed by atoms with Crippen LogP contribution in [0.3, 0.4) is 0 Å². The maximum atomic E-state index is 12.5. The molecule has 0 aromatic carbocycles. The Morgan fingerprint density at radius 3 is 0.727 bits per heavy atom. The SMILES string of the molecule is CC(OC(C)(N1C(=O)C=CC1=O)N1C(=O)C=CC1=O)(N1C(=O)C=CC1=O)N1C(=O)C=CC1=O. The van der Waals surface area contributed by atoms with Gasteiger partial charge in [-0.3, -0.25) is 43.1 Å². The van der Waals surface area contributed by atoms with Crippen LogP contribution in [0.5, 0.6) is 0 Å². The molecule has 4 aliphatic rings. The Morgan fingerprint density at radius 2 is 0.576 bits per heavy atom. The van der Waals surface area contributed by atoms with Crippen LogP contribution in [0.15, 0.2) is 48.6 Å². The maximum Gasteiger partial charge on any atom is 0.257 e. The summed E-state index contributed by atoms with van der Waals surface area (Å²) in [6, 6.07) is 0. The lowest BCUT2D eigenvalue weighted by molar-refractivity contribution is -0.311. The summed E-state index contributed by atoms with van der Waals surface area (Å²) in [7, 11) is 0. The molecule has 0 unspecified atom stereocenters. The van der Waals surface area contributed by atoms with Crippen LogP contribution in [0.4, 0.5) is 0 Å². The fourth-order valence-corrected chi connectivity index (χ4v) is 3.99. The van der Waals surface area contributed by atoms with E-state index in [0.29, 0.717) is 19.6 Å². The van der Waals surface area contributed by atoms with Crippen molar-refractivity contribution in [1.29, 1.82) is 0 Å². The van der Waals surface area contributed by atoms with Gasteiger partial charge in [-0.1, -0.05) is 0 Å². The highest BCUT2D eigenvalue weighted by atomic mass is 16.6. The second-order valence-corrected chi connectivity index (χ2v) is 7.35. The fraction of sp³-hybridized carbons (Fsp3) is 0.200. The first-order chi connectivity index (χ1) is 15.4. The Kier molecular flexibility index (Phi) is 4.60. The summed E-state index contributed by atoms with van der Waals surface area (Å²) < 4.78 is 5.90. The molecule has 0 aliphatic carbocycles. The van der Waals surface area contributed by atoms with Crippen molar-refractivity contribution in [1.82, 2.24) is 19.6 Å². The molecule has 8 amide bonds. The highest BCUT2D eigenvalue weighted by molar-refractivity contribution is 6.18. The average molecular weight is 454 g/mol. The molecule has 13 nitrogen and oxygen atoms in total. The molecule has 0 saturated carbocycles. The lowest BCUT2D eigenvalue weighted by atomic mass is 10.2. The third-order valence-corrected chi connectivity index (χ3v) is 5.28. The van der Waals surface area contributed by atoms with Crippen LogP contribution in [0.25, 0.3) is 0 Å². The molecule has 4 aliphatic heterocycles. The van der Waals surface area contributed by atoms with Gasteiger partial charge >= 0.3 is 0 Å². The van der Waals surface area contributed by atoms with E-state index in [1.54, 1.807) is 0 Å². The molecule has 33 heavy (non-hydrogen) atoms. The van der Waals surface area contributed by atoms with E-state index in [0.717, 1.165) is 62.5 Å². The van der Waals surface area contributed by atoms with Crippen molar-refractivity contribution in [3.8, 4) is 0 Å². The van der Waals surface area contributed by atoms with Gasteiger partial charge in [0, 0.05) is 62.5 Å². The van der Waals surface area contributed by atoms with Crippen molar-refractivity contribution in [2.75, 3.05) is 0 Å². The molecule has 0 aromatic heterocycles. The zero-order valence-corrected chi connectivity index (χ0v) is 17.1. The summed E-state index contributed by atoms with van der Waals surface area (Å²) in [6.07, 6.45) is 6.79. The van der Waals surface area contributed by atoms with Gasteiger partial charge in [-0.2, -0.15) is 0 Å². The zero-order chi connectivity index (χ0) is 24.3. The monoisotopic (exact) mass is 454 g/mol. The van der Waals surface area contributed by atoms with Crippen LogP contribution in [-0.4, -0.2) is 78.6 Å². The van der Waals surface area contributed by atoms with Gasteiger partial charge in [-0.25, -0.2) is 19.6 Å². The minimum atomic E-state index is -2.61. The number of amides is 8. The molecule has 0 N–H and O–H groups in total. The van der Waals surface area contributed by atoms with Crippen molar-refractivity contribution in [3.05, 3.63) is 48.6 Å². The van der Waals surface area contributed by atoms with Crippen molar-refractivity contribution < 1.29 is 43.1 Å². The summed E-state index contributed by atoms with van der Waals surface area (Å²) in [6.45, 7) is 1.96. The smallest absolute Gasteiger partial charge is 0.257 e. The summed E-state index contributed by atoms with van der Waals surface area (Å²) in [5.41, 5.74) is 0. The second-order valence-electron chi connectivity index (χ2n) is 7.35. The van der Waals surface area contributed by atoms with Gasteiger partial charge < -0.3 is 0 Å². The van der Waals surface area contributed by atoms with Gasteiger partial charge in [0.15, 0.2) is 0 Å². The van der Waals surface area contributed by atoms with E-state index in [9.17, 15) is 38.4 Å². The summed E-state index contributed by atoms with van der Waals surface area (Å²) in [4.78, 5) is 102. The molecular formula is C20H14N4O9. The summed E-state index contributed by atoms with van der Waals surface area (Å²) >= 11 is 0. The minimum absolute atomic E-state index is 0.394. The minimum Gasteiger partial charge on any atom is -0.291 e. The topological polar surface area (TPSA) is 159 Å². The van der Waals surface area contributed by atoms with Gasteiger partial charge in [0.1, 0.15) is 0 Å². The number of carbonyl (C=O) groups is 8. The van der Waals surface area contributed by atoms with Crippen LogP contribution < -0.4 is 0 Å². The standard InChI is InChI=1S/C20H14N4O9/c1-19(21-11(25)3-4-12(21)26,22-13(27)5-6-14(22)28)33-20(2,23-15(29)7-8-16(23)30)24-17(31)9-10-18(24)32/h3-10H,1-2H3. The second kappa shape index (κ2) is 7.00. The highest BCUT2D eigenvalue weighted by Gasteiger charge is 2.61. The zero-order valence-electron chi connectivity index (χ0n) is 17.1. The first-order valence-corrected chi connectivity index (χ1v) is 9.37. The van der Waals surface area contributed by atoms with Gasteiger partial charge in [0.25, 0.3) is 47.3 Å². The molecule has 0 radical (unpaired) electrons. The largest absolute Gasteiger partial charge is 0.291 e. The first-order valence-electron chi connectivity index (χ1n) is 9.37. The lowest BCUT2D eigenvalue weighted by Gasteiger charge is -2.50. The number of hydrogen-bond acceptors (Lipinski definition) is 9. The molecule has 0 atom stereocenters. The van der Waals surface area contributed by atoms with Crippen LogP contribution in [-0.2, 0) is 43.1 Å². The molecule has 13 heteroatoms. The van der Waals surface area contributed by atoms with Crippen LogP contribution >= 0.6 is 0 Å². The Bertz CT molecular complexity index is 960. The Balaban J connectivity index is 1.90. The van der Waals surface area contributed by atoms with Gasteiger partial charge in [0.05, 0.1) is 0 Å². The van der Waals surface area contributed by atoms with E-state index >= 15 is 0 Å². The third-order valence-electron chi connectivity index (χ3n) is 5.28. The van der Waals surface area contributed by atoms with Crippen LogP contribution in [0.2, 0.25) is 0 Å². The number of hydrogen-bond donors (Lipinski definition) is 0. The fourth-order valence-electron chi connectivity index (χ4n) is 3.99. The number of ether oxygens (including phenoxy) is 1. The summed E-state index contributed by atoms with van der Waals surface area (Å²) in [5, 5.41) is 0. The molecule has 0 saturated heterocycles. The van der Waals surface area contributed by atoms with E-state index in [1.807, 2.05) is 0 Å². The average Bonchev–Trinajstić information content (AvgIpc) is 3.44. The quantitative estimate of drug-likeness (QED) is 0.416. The predicted molar refractivity (Wildman–Crippen MR) is 102 cm³/mol. The van der Waals surface area contributed by atoms with E-state index in [1.165, 1.54) is 0 Å².